The number of rotatable bonds is 4. The molecule has 1 spiro atoms. The van der Waals surface area contributed by atoms with Gasteiger partial charge in [0.25, 0.3) is 11.9 Å². The molecule has 1 amide bonds. The molecule has 1 aromatic heterocycles. The van der Waals surface area contributed by atoms with E-state index in [0.29, 0.717) is 48.1 Å². The lowest BCUT2D eigenvalue weighted by Crippen LogP contribution is -2.39. The summed E-state index contributed by atoms with van der Waals surface area (Å²) in [4.78, 5) is 25.7. The number of halogens is 1. The first kappa shape index (κ1) is 24.1. The number of amidine groups is 1. The Bertz CT molecular complexity index is 1420. The van der Waals surface area contributed by atoms with Crippen LogP contribution in [0.1, 0.15) is 52.4 Å². The van der Waals surface area contributed by atoms with Crippen molar-refractivity contribution in [1.29, 1.82) is 0 Å². The summed E-state index contributed by atoms with van der Waals surface area (Å²) < 4.78 is 37.6. The average molecular weight is 520 g/mol. The summed E-state index contributed by atoms with van der Waals surface area (Å²) in [7, 11) is 1.47. The van der Waals surface area contributed by atoms with Crippen molar-refractivity contribution in [1.82, 2.24) is 9.97 Å². The van der Waals surface area contributed by atoms with E-state index >= 15 is 4.39 Å². The monoisotopic (exact) mass is 519 g/mol. The van der Waals surface area contributed by atoms with Gasteiger partial charge in [-0.2, -0.15) is 0 Å². The topological polar surface area (TPSA) is 130 Å². The standard InChI is InChI=1S/C27H26FN5O5/c1-35-23-14-30-21(13-31-23)25(34)32-17-2-3-22-18(12-17)27(6-9-37-26(29)33-27)19-10-16(11-20(28)24(19)38-22)15-4-7-36-8-5-15/h2-3,10-15H,4-9H2,1H3,(H2,29,33)(H,32,34)/t27-/m0/s1. The zero-order valence-electron chi connectivity index (χ0n) is 20.7. The Labute approximate surface area is 218 Å². The van der Waals surface area contributed by atoms with Crippen molar-refractivity contribution in [2.24, 2.45) is 10.7 Å². The van der Waals surface area contributed by atoms with Crippen molar-refractivity contribution in [3.05, 3.63) is 70.9 Å². The molecule has 0 aliphatic carbocycles. The number of aromatic nitrogens is 2. The van der Waals surface area contributed by atoms with Crippen LogP contribution in [0.5, 0.6) is 17.4 Å². The van der Waals surface area contributed by atoms with Gasteiger partial charge in [-0.3, -0.25) is 4.79 Å². The molecular weight excluding hydrogens is 493 g/mol. The predicted molar refractivity (Wildman–Crippen MR) is 135 cm³/mol. The normalized spacial score (nSPS) is 20.4. The number of aliphatic imine (C=N–C) groups is 1. The fourth-order valence-corrected chi connectivity index (χ4v) is 5.27. The zero-order valence-corrected chi connectivity index (χ0v) is 20.7. The maximum absolute atomic E-state index is 15.6. The highest BCUT2D eigenvalue weighted by Gasteiger charge is 2.46. The second-order valence-corrected chi connectivity index (χ2v) is 9.39. The number of ether oxygens (including phenoxy) is 4. The lowest BCUT2D eigenvalue weighted by atomic mass is 9.76. The summed E-state index contributed by atoms with van der Waals surface area (Å²) in [6.45, 7) is 1.55. The minimum Gasteiger partial charge on any atom is -0.480 e. The zero-order chi connectivity index (χ0) is 26.3. The number of nitrogens with zero attached hydrogens (tertiary/aromatic N) is 3. The Morgan fingerprint density at radius 2 is 1.97 bits per heavy atom. The van der Waals surface area contributed by atoms with Gasteiger partial charge in [0, 0.05) is 36.4 Å². The van der Waals surface area contributed by atoms with Gasteiger partial charge in [0.2, 0.25) is 5.88 Å². The Morgan fingerprint density at radius 1 is 1.13 bits per heavy atom. The van der Waals surface area contributed by atoms with Gasteiger partial charge in [-0.05, 0) is 54.7 Å². The predicted octanol–water partition coefficient (Wildman–Crippen LogP) is 3.85. The third-order valence-electron chi connectivity index (χ3n) is 7.18. The molecule has 3 aliphatic rings. The molecule has 3 N–H and O–H groups in total. The third kappa shape index (κ3) is 4.18. The van der Waals surface area contributed by atoms with Crippen molar-refractivity contribution in [3.8, 4) is 17.4 Å². The Kier molecular flexibility index (Phi) is 6.07. The van der Waals surface area contributed by atoms with Crippen LogP contribution in [0.3, 0.4) is 0 Å². The van der Waals surface area contributed by atoms with E-state index in [2.05, 4.69) is 15.3 Å². The van der Waals surface area contributed by atoms with Gasteiger partial charge in [-0.15, -0.1) is 0 Å². The molecule has 10 nitrogen and oxygen atoms in total. The van der Waals surface area contributed by atoms with Gasteiger partial charge >= 0.3 is 0 Å². The van der Waals surface area contributed by atoms with Crippen molar-refractivity contribution >= 4 is 17.6 Å². The highest BCUT2D eigenvalue weighted by Crippen LogP contribution is 2.54. The highest BCUT2D eigenvalue weighted by molar-refractivity contribution is 6.02. The molecule has 196 valence electrons. The van der Waals surface area contributed by atoms with Gasteiger partial charge in [0.05, 0.1) is 26.1 Å². The van der Waals surface area contributed by atoms with Crippen LogP contribution in [0.25, 0.3) is 0 Å². The van der Waals surface area contributed by atoms with Crippen LogP contribution in [0.15, 0.2) is 47.7 Å². The van der Waals surface area contributed by atoms with Crippen LogP contribution < -0.4 is 20.5 Å². The molecule has 1 atom stereocenters. The molecular formula is C27H26FN5O5. The number of nitrogens with two attached hydrogens (primary N) is 1. The molecule has 38 heavy (non-hydrogen) atoms. The summed E-state index contributed by atoms with van der Waals surface area (Å²) in [6.07, 6.45) is 4.72. The number of amides is 1. The van der Waals surface area contributed by atoms with Crippen molar-refractivity contribution in [2.75, 3.05) is 32.2 Å². The Balaban J connectivity index is 1.41. The fourth-order valence-electron chi connectivity index (χ4n) is 5.27. The number of carbonyl (C=O) groups is 1. The van der Waals surface area contributed by atoms with Crippen LogP contribution in [-0.2, 0) is 15.0 Å². The van der Waals surface area contributed by atoms with Crippen LogP contribution in [0, 0.1) is 5.82 Å². The van der Waals surface area contributed by atoms with Gasteiger partial charge < -0.3 is 30.0 Å². The SMILES string of the molecule is COc1cnc(C(=O)Nc2ccc3c(c2)[C@@]2(CCOC(N)=N2)c2cc(C4CCOCC4)cc(F)c2O3)cn1. The molecule has 3 aliphatic heterocycles. The summed E-state index contributed by atoms with van der Waals surface area (Å²) in [5.74, 6) is 0.113. The van der Waals surface area contributed by atoms with Gasteiger partial charge in [-0.25, -0.2) is 19.4 Å². The molecule has 0 unspecified atom stereocenters. The molecule has 6 rings (SSSR count). The highest BCUT2D eigenvalue weighted by atomic mass is 19.1. The number of hydrogen-bond acceptors (Lipinski definition) is 9. The molecule has 4 heterocycles. The van der Waals surface area contributed by atoms with Crippen LogP contribution in [0.4, 0.5) is 10.1 Å². The largest absolute Gasteiger partial charge is 0.480 e. The van der Waals surface area contributed by atoms with Crippen LogP contribution in [-0.4, -0.2) is 48.8 Å². The van der Waals surface area contributed by atoms with Crippen molar-refractivity contribution < 1.29 is 28.1 Å². The quantitative estimate of drug-likeness (QED) is 0.532. The van der Waals surface area contributed by atoms with Crippen LogP contribution >= 0.6 is 0 Å². The first-order valence-electron chi connectivity index (χ1n) is 12.4. The van der Waals surface area contributed by atoms with E-state index in [1.807, 2.05) is 6.07 Å². The van der Waals surface area contributed by atoms with E-state index in [0.717, 1.165) is 18.4 Å². The number of benzene rings is 2. The maximum atomic E-state index is 15.6. The Morgan fingerprint density at radius 3 is 2.71 bits per heavy atom. The summed E-state index contributed by atoms with van der Waals surface area (Å²) in [5.41, 5.74) is 7.74. The number of carbonyl (C=O) groups excluding carboxylic acids is 1. The lowest BCUT2D eigenvalue weighted by Gasteiger charge is -2.40. The lowest BCUT2D eigenvalue weighted by molar-refractivity contribution is 0.0852. The maximum Gasteiger partial charge on any atom is 0.283 e. The molecule has 3 aromatic rings. The second-order valence-electron chi connectivity index (χ2n) is 9.39. The molecule has 1 saturated heterocycles. The van der Waals surface area contributed by atoms with Gasteiger partial charge in [0.1, 0.15) is 17.0 Å². The first-order chi connectivity index (χ1) is 18.5. The molecule has 0 saturated carbocycles. The number of fused-ring (bicyclic) bond motifs is 4. The van der Waals surface area contributed by atoms with E-state index in [1.54, 1.807) is 24.3 Å². The van der Waals surface area contributed by atoms with E-state index < -0.39 is 17.3 Å². The first-order valence-corrected chi connectivity index (χ1v) is 12.4. The summed E-state index contributed by atoms with van der Waals surface area (Å²) >= 11 is 0. The molecule has 0 radical (unpaired) electrons. The fraction of sp³-hybridized carbons (Fsp3) is 0.333. The minimum atomic E-state index is -1.05. The number of hydrogen-bond donors (Lipinski definition) is 2. The van der Waals surface area contributed by atoms with Crippen molar-refractivity contribution in [3.63, 3.8) is 0 Å². The summed E-state index contributed by atoms with van der Waals surface area (Å²) in [5, 5.41) is 2.84. The van der Waals surface area contributed by atoms with Gasteiger partial charge in [-0.1, -0.05) is 0 Å². The molecule has 1 fully saturated rings. The minimum absolute atomic E-state index is 0.00914. The number of methoxy groups -OCH3 is 1. The van der Waals surface area contributed by atoms with E-state index in [1.165, 1.54) is 19.5 Å². The Hall–Kier alpha value is -4.25. The van der Waals surface area contributed by atoms with E-state index in [4.69, 9.17) is 29.7 Å². The molecule has 11 heteroatoms. The average Bonchev–Trinajstić information content (AvgIpc) is 2.94. The second kappa shape index (κ2) is 9.56. The van der Waals surface area contributed by atoms with Crippen molar-refractivity contribution in [2.45, 2.75) is 30.7 Å². The smallest absolute Gasteiger partial charge is 0.283 e. The number of anilines is 1. The van der Waals surface area contributed by atoms with E-state index in [9.17, 15) is 4.79 Å². The van der Waals surface area contributed by atoms with E-state index in [-0.39, 0.29) is 30.0 Å². The summed E-state index contributed by atoms with van der Waals surface area (Å²) in [6, 6.07) is 8.65. The number of nitrogens with one attached hydrogen (secondary N) is 1. The molecule has 2 aromatic carbocycles. The third-order valence-corrected chi connectivity index (χ3v) is 7.18. The van der Waals surface area contributed by atoms with Gasteiger partial charge in [0.15, 0.2) is 11.6 Å². The molecule has 0 bridgehead atoms. The van der Waals surface area contributed by atoms with Crippen LogP contribution in [0.2, 0.25) is 0 Å².